The minimum absolute atomic E-state index is 0.0420. The lowest BCUT2D eigenvalue weighted by Gasteiger charge is -2.22. The molecular formula is C16H17FN2O3. The Labute approximate surface area is 126 Å². The molecule has 1 aliphatic heterocycles. The lowest BCUT2D eigenvalue weighted by atomic mass is 10.1. The van der Waals surface area contributed by atoms with E-state index in [0.29, 0.717) is 24.2 Å². The second-order valence-electron chi connectivity index (χ2n) is 5.76. The second-order valence-corrected chi connectivity index (χ2v) is 5.76. The van der Waals surface area contributed by atoms with Crippen LogP contribution in [0.3, 0.4) is 0 Å². The van der Waals surface area contributed by atoms with E-state index in [-0.39, 0.29) is 24.2 Å². The summed E-state index contributed by atoms with van der Waals surface area (Å²) < 4.78 is 13.4. The minimum Gasteiger partial charge on any atom is -0.481 e. The fraction of sp³-hybridized carbons (Fsp3) is 0.375. The van der Waals surface area contributed by atoms with Crippen molar-refractivity contribution in [2.24, 2.45) is 0 Å². The molecule has 0 radical (unpaired) electrons. The average molecular weight is 304 g/mol. The molecule has 1 saturated heterocycles. The predicted octanol–water partition coefficient (Wildman–Crippen LogP) is 2.69. The van der Waals surface area contributed by atoms with Gasteiger partial charge in [-0.3, -0.25) is 9.59 Å². The molecule has 2 N–H and O–H groups in total. The predicted molar refractivity (Wildman–Crippen MR) is 79.3 cm³/mol. The third-order valence-electron chi connectivity index (χ3n) is 4.19. The highest BCUT2D eigenvalue weighted by Gasteiger charge is 2.31. The van der Waals surface area contributed by atoms with Crippen LogP contribution in [0.15, 0.2) is 18.2 Å². The monoisotopic (exact) mass is 304 g/mol. The highest BCUT2D eigenvalue weighted by atomic mass is 19.1. The molecular weight excluding hydrogens is 287 g/mol. The van der Waals surface area contributed by atoms with Gasteiger partial charge in [0.05, 0.1) is 6.42 Å². The molecule has 2 aromatic rings. The van der Waals surface area contributed by atoms with Gasteiger partial charge in [0.2, 0.25) is 0 Å². The van der Waals surface area contributed by atoms with Gasteiger partial charge in [0.15, 0.2) is 0 Å². The van der Waals surface area contributed by atoms with Crippen molar-refractivity contribution >= 4 is 22.8 Å². The number of hydrogen-bond acceptors (Lipinski definition) is 2. The molecule has 1 unspecified atom stereocenters. The SMILES string of the molecule is Cc1cc(F)cc2[nH]c(C(=O)N3CCCC3CC(=O)O)cc12. The summed E-state index contributed by atoms with van der Waals surface area (Å²) in [5.41, 5.74) is 1.71. The summed E-state index contributed by atoms with van der Waals surface area (Å²) >= 11 is 0. The van der Waals surface area contributed by atoms with Crippen molar-refractivity contribution in [1.82, 2.24) is 9.88 Å². The number of aliphatic carboxylic acids is 1. The molecule has 1 amide bonds. The van der Waals surface area contributed by atoms with Crippen molar-refractivity contribution < 1.29 is 19.1 Å². The van der Waals surface area contributed by atoms with Crippen LogP contribution in [0.25, 0.3) is 10.9 Å². The average Bonchev–Trinajstić information content (AvgIpc) is 3.03. The Balaban J connectivity index is 1.91. The Morgan fingerprint density at radius 3 is 2.91 bits per heavy atom. The Morgan fingerprint density at radius 1 is 1.41 bits per heavy atom. The standard InChI is InChI=1S/C16H17FN2O3/c1-9-5-10(17)6-13-12(9)8-14(18-13)16(22)19-4-2-3-11(19)7-15(20)21/h5-6,8,11,18H,2-4,7H2,1H3,(H,20,21). The van der Waals surface area contributed by atoms with Crippen LogP contribution in [-0.2, 0) is 4.79 Å². The number of carboxylic acid groups (broad SMARTS) is 1. The third-order valence-corrected chi connectivity index (χ3v) is 4.19. The molecule has 6 heteroatoms. The van der Waals surface area contributed by atoms with Gasteiger partial charge >= 0.3 is 5.97 Å². The summed E-state index contributed by atoms with van der Waals surface area (Å²) in [7, 11) is 0. The van der Waals surface area contributed by atoms with Gasteiger partial charge in [-0.05, 0) is 43.5 Å². The molecule has 1 aromatic carbocycles. The van der Waals surface area contributed by atoms with Crippen LogP contribution in [0.4, 0.5) is 4.39 Å². The summed E-state index contributed by atoms with van der Waals surface area (Å²) in [6.45, 7) is 2.34. The van der Waals surface area contributed by atoms with Crippen molar-refractivity contribution in [3.05, 3.63) is 35.3 Å². The quantitative estimate of drug-likeness (QED) is 0.915. The second kappa shape index (κ2) is 5.44. The summed E-state index contributed by atoms with van der Waals surface area (Å²) in [6.07, 6.45) is 1.46. The van der Waals surface area contributed by atoms with E-state index in [1.807, 2.05) is 0 Å². The first-order valence-corrected chi connectivity index (χ1v) is 7.27. The molecule has 0 bridgehead atoms. The van der Waals surface area contributed by atoms with Crippen molar-refractivity contribution in [2.75, 3.05) is 6.54 Å². The van der Waals surface area contributed by atoms with Crippen molar-refractivity contribution in [3.63, 3.8) is 0 Å². The molecule has 116 valence electrons. The zero-order chi connectivity index (χ0) is 15.9. The van der Waals surface area contributed by atoms with Gasteiger partial charge in [0, 0.05) is 23.5 Å². The van der Waals surface area contributed by atoms with Gasteiger partial charge in [-0.15, -0.1) is 0 Å². The number of aromatic nitrogens is 1. The van der Waals surface area contributed by atoms with E-state index < -0.39 is 5.97 Å². The van der Waals surface area contributed by atoms with Crippen LogP contribution in [0.1, 0.15) is 35.3 Å². The number of carboxylic acids is 1. The number of nitrogens with zero attached hydrogens (tertiary/aromatic N) is 1. The van der Waals surface area contributed by atoms with Crippen LogP contribution < -0.4 is 0 Å². The fourth-order valence-corrected chi connectivity index (χ4v) is 3.16. The Hall–Kier alpha value is -2.37. The molecule has 0 aliphatic carbocycles. The lowest BCUT2D eigenvalue weighted by molar-refractivity contribution is -0.137. The first kappa shape index (κ1) is 14.6. The van der Waals surface area contributed by atoms with Gasteiger partial charge in [-0.2, -0.15) is 0 Å². The van der Waals surface area contributed by atoms with Crippen LogP contribution in [-0.4, -0.2) is 39.5 Å². The Bertz CT molecular complexity index is 753. The highest BCUT2D eigenvalue weighted by molar-refractivity contribution is 5.99. The van der Waals surface area contributed by atoms with E-state index in [1.165, 1.54) is 12.1 Å². The fourth-order valence-electron chi connectivity index (χ4n) is 3.16. The zero-order valence-corrected chi connectivity index (χ0v) is 12.2. The first-order chi connectivity index (χ1) is 10.5. The molecule has 0 saturated carbocycles. The van der Waals surface area contributed by atoms with Crippen molar-refractivity contribution in [3.8, 4) is 0 Å². The van der Waals surface area contributed by atoms with Crippen LogP contribution >= 0.6 is 0 Å². The number of H-pyrrole nitrogens is 1. The van der Waals surface area contributed by atoms with Gasteiger partial charge in [-0.25, -0.2) is 4.39 Å². The Kier molecular flexibility index (Phi) is 3.60. The maximum atomic E-state index is 13.4. The van der Waals surface area contributed by atoms with Gasteiger partial charge in [-0.1, -0.05) is 0 Å². The zero-order valence-electron chi connectivity index (χ0n) is 12.2. The number of nitrogens with one attached hydrogen (secondary N) is 1. The summed E-state index contributed by atoms with van der Waals surface area (Å²) in [5, 5.41) is 9.74. The van der Waals surface area contributed by atoms with Crippen LogP contribution in [0.2, 0.25) is 0 Å². The van der Waals surface area contributed by atoms with E-state index in [2.05, 4.69) is 4.98 Å². The molecule has 1 atom stereocenters. The van der Waals surface area contributed by atoms with E-state index in [4.69, 9.17) is 5.11 Å². The molecule has 3 rings (SSSR count). The third kappa shape index (κ3) is 2.56. The summed E-state index contributed by atoms with van der Waals surface area (Å²) in [6, 6.07) is 4.22. The number of carbonyl (C=O) groups is 2. The molecule has 1 aromatic heterocycles. The molecule has 5 nitrogen and oxygen atoms in total. The number of hydrogen-bond donors (Lipinski definition) is 2. The first-order valence-electron chi connectivity index (χ1n) is 7.27. The number of rotatable bonds is 3. The molecule has 1 aliphatic rings. The number of aromatic amines is 1. The molecule has 0 spiro atoms. The number of halogens is 1. The maximum Gasteiger partial charge on any atom is 0.305 e. The smallest absolute Gasteiger partial charge is 0.305 e. The number of likely N-dealkylation sites (tertiary alicyclic amines) is 1. The van der Waals surface area contributed by atoms with E-state index >= 15 is 0 Å². The lowest BCUT2D eigenvalue weighted by Crippen LogP contribution is -2.37. The van der Waals surface area contributed by atoms with Crippen molar-refractivity contribution in [2.45, 2.75) is 32.2 Å². The number of carbonyl (C=O) groups excluding carboxylic acids is 1. The maximum absolute atomic E-state index is 13.4. The van der Waals surface area contributed by atoms with Gasteiger partial charge in [0.25, 0.3) is 5.91 Å². The topological polar surface area (TPSA) is 73.4 Å². The van der Waals surface area contributed by atoms with Gasteiger partial charge < -0.3 is 15.0 Å². The van der Waals surface area contributed by atoms with Crippen molar-refractivity contribution in [1.29, 1.82) is 0 Å². The number of aryl methyl sites for hydroxylation is 1. The van der Waals surface area contributed by atoms with E-state index in [0.717, 1.165) is 17.4 Å². The van der Waals surface area contributed by atoms with Crippen LogP contribution in [0.5, 0.6) is 0 Å². The van der Waals surface area contributed by atoms with E-state index in [1.54, 1.807) is 17.9 Å². The summed E-state index contributed by atoms with van der Waals surface area (Å²) in [5.74, 6) is -1.48. The molecule has 22 heavy (non-hydrogen) atoms. The minimum atomic E-state index is -0.903. The summed E-state index contributed by atoms with van der Waals surface area (Å²) in [4.78, 5) is 28.1. The van der Waals surface area contributed by atoms with Crippen LogP contribution in [0, 0.1) is 12.7 Å². The molecule has 2 heterocycles. The highest BCUT2D eigenvalue weighted by Crippen LogP contribution is 2.26. The number of amides is 1. The van der Waals surface area contributed by atoms with E-state index in [9.17, 15) is 14.0 Å². The molecule has 1 fully saturated rings. The number of benzene rings is 1. The largest absolute Gasteiger partial charge is 0.481 e. The normalized spacial score (nSPS) is 18.1. The number of fused-ring (bicyclic) bond motifs is 1. The van der Waals surface area contributed by atoms with Gasteiger partial charge in [0.1, 0.15) is 11.5 Å². The Morgan fingerprint density at radius 2 is 2.18 bits per heavy atom.